The lowest BCUT2D eigenvalue weighted by Crippen LogP contribution is -2.12. The van der Waals surface area contributed by atoms with Crippen LogP contribution in [0.25, 0.3) is 0 Å². The molecule has 3 aromatic rings. The zero-order valence-corrected chi connectivity index (χ0v) is 16.8. The first-order chi connectivity index (χ1) is 14.0. The van der Waals surface area contributed by atoms with E-state index in [2.05, 4.69) is 15.6 Å². The minimum Gasteiger partial charge on any atom is -0.494 e. The summed E-state index contributed by atoms with van der Waals surface area (Å²) >= 11 is 0. The van der Waals surface area contributed by atoms with Gasteiger partial charge < -0.3 is 20.1 Å². The molecule has 1 heterocycles. The van der Waals surface area contributed by atoms with Crippen LogP contribution in [-0.2, 0) is 0 Å². The minimum atomic E-state index is -0.231. The summed E-state index contributed by atoms with van der Waals surface area (Å²) in [7, 11) is 0. The summed E-state index contributed by atoms with van der Waals surface area (Å²) in [6, 6.07) is 16.7. The van der Waals surface area contributed by atoms with Crippen molar-refractivity contribution in [1.29, 1.82) is 0 Å². The highest BCUT2D eigenvalue weighted by molar-refractivity contribution is 6.04. The predicted octanol–water partition coefficient (Wildman–Crippen LogP) is 5.26. The van der Waals surface area contributed by atoms with Gasteiger partial charge in [-0.3, -0.25) is 9.78 Å². The summed E-state index contributed by atoms with van der Waals surface area (Å²) in [4.78, 5) is 16.7. The standard InChI is InChI=1S/C23H25N3O3/c1-4-28-21-9-5-19(6-10-21)26-23(27)17-13-20(15-24-14-17)25-18-7-11-22(12-8-18)29-16(2)3/h5-16,25H,4H2,1-3H3,(H,26,27). The molecular weight excluding hydrogens is 366 g/mol. The summed E-state index contributed by atoms with van der Waals surface area (Å²) in [6.07, 6.45) is 3.34. The summed E-state index contributed by atoms with van der Waals surface area (Å²) in [5.41, 5.74) is 2.76. The Labute approximate surface area is 170 Å². The lowest BCUT2D eigenvalue weighted by atomic mass is 10.2. The average molecular weight is 391 g/mol. The van der Waals surface area contributed by atoms with E-state index < -0.39 is 0 Å². The van der Waals surface area contributed by atoms with Gasteiger partial charge in [-0.2, -0.15) is 0 Å². The van der Waals surface area contributed by atoms with Gasteiger partial charge in [-0.15, -0.1) is 0 Å². The van der Waals surface area contributed by atoms with Gasteiger partial charge >= 0.3 is 0 Å². The quantitative estimate of drug-likeness (QED) is 0.548. The van der Waals surface area contributed by atoms with Crippen LogP contribution in [0.5, 0.6) is 11.5 Å². The molecule has 0 saturated heterocycles. The first-order valence-corrected chi connectivity index (χ1v) is 9.56. The maximum atomic E-state index is 12.6. The SMILES string of the molecule is CCOc1ccc(NC(=O)c2cncc(Nc3ccc(OC(C)C)cc3)c2)cc1. The molecule has 1 amide bonds. The predicted molar refractivity (Wildman–Crippen MR) is 115 cm³/mol. The van der Waals surface area contributed by atoms with E-state index in [4.69, 9.17) is 9.47 Å². The number of ether oxygens (including phenoxy) is 2. The summed E-state index contributed by atoms with van der Waals surface area (Å²) in [6.45, 7) is 6.51. The number of carbonyl (C=O) groups is 1. The van der Waals surface area contributed by atoms with Crippen LogP contribution in [0.4, 0.5) is 17.1 Å². The van der Waals surface area contributed by atoms with Gasteiger partial charge in [0.1, 0.15) is 11.5 Å². The molecule has 6 nitrogen and oxygen atoms in total. The molecule has 2 N–H and O–H groups in total. The number of nitrogens with one attached hydrogen (secondary N) is 2. The number of hydrogen-bond acceptors (Lipinski definition) is 5. The highest BCUT2D eigenvalue weighted by Crippen LogP contribution is 2.22. The second-order valence-corrected chi connectivity index (χ2v) is 6.69. The molecule has 3 rings (SSSR count). The molecule has 150 valence electrons. The first kappa shape index (κ1) is 20.2. The summed E-state index contributed by atoms with van der Waals surface area (Å²) in [5.74, 6) is 1.35. The lowest BCUT2D eigenvalue weighted by molar-refractivity contribution is 0.102. The normalized spacial score (nSPS) is 10.5. The topological polar surface area (TPSA) is 72.5 Å². The Morgan fingerprint density at radius 2 is 1.59 bits per heavy atom. The molecule has 0 atom stereocenters. The van der Waals surface area contributed by atoms with Gasteiger partial charge in [0.15, 0.2) is 0 Å². The number of hydrogen-bond donors (Lipinski definition) is 2. The van der Waals surface area contributed by atoms with Crippen molar-refractivity contribution in [2.24, 2.45) is 0 Å². The Kier molecular flexibility index (Phi) is 6.68. The van der Waals surface area contributed by atoms with Crippen molar-refractivity contribution in [2.45, 2.75) is 26.9 Å². The van der Waals surface area contributed by atoms with Crippen molar-refractivity contribution >= 4 is 23.0 Å². The van der Waals surface area contributed by atoms with E-state index in [-0.39, 0.29) is 12.0 Å². The first-order valence-electron chi connectivity index (χ1n) is 9.56. The fourth-order valence-corrected chi connectivity index (χ4v) is 2.69. The van der Waals surface area contributed by atoms with Crippen molar-refractivity contribution in [2.75, 3.05) is 17.2 Å². The largest absolute Gasteiger partial charge is 0.494 e. The van der Waals surface area contributed by atoms with Crippen molar-refractivity contribution in [3.05, 3.63) is 72.6 Å². The van der Waals surface area contributed by atoms with Crippen molar-refractivity contribution in [1.82, 2.24) is 4.98 Å². The molecular formula is C23H25N3O3. The molecule has 0 aliphatic heterocycles. The number of anilines is 3. The molecule has 0 radical (unpaired) electrons. The van der Waals surface area contributed by atoms with Gasteiger partial charge in [0.2, 0.25) is 0 Å². The smallest absolute Gasteiger partial charge is 0.257 e. The zero-order valence-electron chi connectivity index (χ0n) is 16.8. The van der Waals surface area contributed by atoms with Crippen LogP contribution in [0.3, 0.4) is 0 Å². The molecule has 0 unspecified atom stereocenters. The lowest BCUT2D eigenvalue weighted by Gasteiger charge is -2.12. The number of carbonyl (C=O) groups excluding carboxylic acids is 1. The van der Waals surface area contributed by atoms with Crippen molar-refractivity contribution in [3.63, 3.8) is 0 Å². The van der Waals surface area contributed by atoms with Crippen molar-refractivity contribution in [3.8, 4) is 11.5 Å². The number of benzene rings is 2. The number of aromatic nitrogens is 1. The zero-order chi connectivity index (χ0) is 20.6. The maximum absolute atomic E-state index is 12.6. The van der Waals surface area contributed by atoms with Crippen molar-refractivity contribution < 1.29 is 14.3 Å². The summed E-state index contributed by atoms with van der Waals surface area (Å²) in [5, 5.41) is 6.12. The molecule has 2 aromatic carbocycles. The molecule has 29 heavy (non-hydrogen) atoms. The van der Waals surface area contributed by atoms with Crippen LogP contribution >= 0.6 is 0 Å². The third kappa shape index (κ3) is 5.97. The van der Waals surface area contributed by atoms with Crippen LogP contribution < -0.4 is 20.1 Å². The molecule has 0 spiro atoms. The Morgan fingerprint density at radius 3 is 2.24 bits per heavy atom. The number of nitrogens with zero attached hydrogens (tertiary/aromatic N) is 1. The van der Waals surface area contributed by atoms with E-state index in [0.717, 1.165) is 22.9 Å². The van der Waals surface area contributed by atoms with Gasteiger partial charge in [0.05, 0.1) is 30.2 Å². The third-order valence-electron chi connectivity index (χ3n) is 3.94. The van der Waals surface area contributed by atoms with Crippen LogP contribution in [0.2, 0.25) is 0 Å². The highest BCUT2D eigenvalue weighted by atomic mass is 16.5. The monoisotopic (exact) mass is 391 g/mol. The third-order valence-corrected chi connectivity index (χ3v) is 3.94. The Morgan fingerprint density at radius 1 is 0.931 bits per heavy atom. The van der Waals surface area contributed by atoms with Crippen LogP contribution in [0.1, 0.15) is 31.1 Å². The van der Waals surface area contributed by atoms with Crippen LogP contribution in [0, 0.1) is 0 Å². The van der Waals surface area contributed by atoms with E-state index in [0.29, 0.717) is 17.9 Å². The Bertz CT molecular complexity index is 938. The molecule has 0 bridgehead atoms. The fourth-order valence-electron chi connectivity index (χ4n) is 2.69. The minimum absolute atomic E-state index is 0.128. The van der Waals surface area contributed by atoms with E-state index in [1.807, 2.05) is 57.2 Å². The Hall–Kier alpha value is -3.54. The van der Waals surface area contributed by atoms with E-state index in [1.54, 1.807) is 24.4 Å². The molecule has 1 aromatic heterocycles. The van der Waals surface area contributed by atoms with Crippen LogP contribution in [-0.4, -0.2) is 23.6 Å². The van der Waals surface area contributed by atoms with E-state index in [9.17, 15) is 4.79 Å². The average Bonchev–Trinajstić information content (AvgIpc) is 2.71. The van der Waals surface area contributed by atoms with Gasteiger partial charge in [-0.25, -0.2) is 0 Å². The second kappa shape index (κ2) is 9.59. The molecule has 0 aliphatic carbocycles. The van der Waals surface area contributed by atoms with Gasteiger partial charge in [0.25, 0.3) is 5.91 Å². The Balaban J connectivity index is 1.64. The van der Waals surface area contributed by atoms with E-state index >= 15 is 0 Å². The van der Waals surface area contributed by atoms with Gasteiger partial charge in [-0.05, 0) is 75.4 Å². The molecule has 0 aliphatic rings. The van der Waals surface area contributed by atoms with E-state index in [1.165, 1.54) is 6.20 Å². The number of rotatable bonds is 8. The maximum Gasteiger partial charge on any atom is 0.257 e. The molecule has 0 fully saturated rings. The molecule has 0 saturated carbocycles. The fraction of sp³-hybridized carbons (Fsp3) is 0.217. The number of pyridine rings is 1. The highest BCUT2D eigenvalue weighted by Gasteiger charge is 2.08. The van der Waals surface area contributed by atoms with Gasteiger partial charge in [-0.1, -0.05) is 0 Å². The van der Waals surface area contributed by atoms with Gasteiger partial charge in [0, 0.05) is 17.6 Å². The number of amides is 1. The summed E-state index contributed by atoms with van der Waals surface area (Å²) < 4.78 is 11.1. The molecule has 6 heteroatoms. The van der Waals surface area contributed by atoms with Crippen LogP contribution in [0.15, 0.2) is 67.0 Å². The second-order valence-electron chi connectivity index (χ2n) is 6.69.